The highest BCUT2D eigenvalue weighted by molar-refractivity contribution is 5.96. The van der Waals surface area contributed by atoms with Crippen molar-refractivity contribution in [2.45, 2.75) is 20.3 Å². The fourth-order valence-electron chi connectivity index (χ4n) is 2.40. The number of benzene rings is 1. The van der Waals surface area contributed by atoms with Crippen molar-refractivity contribution in [1.29, 1.82) is 0 Å². The van der Waals surface area contributed by atoms with Crippen molar-refractivity contribution in [3.05, 3.63) is 54.0 Å². The van der Waals surface area contributed by atoms with Gasteiger partial charge in [-0.05, 0) is 50.2 Å². The maximum Gasteiger partial charge on any atom is 0.286 e. The van der Waals surface area contributed by atoms with Crippen molar-refractivity contribution >= 4 is 23.4 Å². The number of rotatable bonds is 8. The van der Waals surface area contributed by atoms with Gasteiger partial charge in [-0.1, -0.05) is 0 Å². The highest BCUT2D eigenvalue weighted by atomic mass is 16.3. The van der Waals surface area contributed by atoms with E-state index in [-0.39, 0.29) is 36.4 Å². The third-order valence-corrected chi connectivity index (χ3v) is 3.85. The Bertz CT molecular complexity index is 735. The summed E-state index contributed by atoms with van der Waals surface area (Å²) in [5.74, 6) is -0.415. The second kappa shape index (κ2) is 9.41. The molecule has 0 spiro atoms. The van der Waals surface area contributed by atoms with Gasteiger partial charge in [0.15, 0.2) is 5.76 Å². The van der Waals surface area contributed by atoms with Crippen molar-refractivity contribution in [2.24, 2.45) is 0 Å². The van der Waals surface area contributed by atoms with Crippen LogP contribution in [-0.2, 0) is 4.79 Å². The number of amides is 3. The fourth-order valence-corrected chi connectivity index (χ4v) is 2.40. The van der Waals surface area contributed by atoms with Crippen molar-refractivity contribution in [2.75, 3.05) is 25.0 Å². The molecule has 0 saturated heterocycles. The van der Waals surface area contributed by atoms with Gasteiger partial charge in [0.05, 0.1) is 6.26 Å². The normalized spacial score (nSPS) is 10.2. The number of hydrogen-bond donors (Lipinski definition) is 2. The Hall–Kier alpha value is -3.09. The second-order valence-corrected chi connectivity index (χ2v) is 5.59. The number of nitrogens with zero attached hydrogens (tertiary/aromatic N) is 1. The minimum atomic E-state index is -0.359. The number of anilines is 1. The van der Waals surface area contributed by atoms with Crippen LogP contribution in [-0.4, -0.2) is 42.3 Å². The quantitative estimate of drug-likeness (QED) is 0.759. The molecule has 0 aliphatic carbocycles. The minimum absolute atomic E-state index is 0.0338. The largest absolute Gasteiger partial charge is 0.459 e. The van der Waals surface area contributed by atoms with Gasteiger partial charge in [0, 0.05) is 37.3 Å². The van der Waals surface area contributed by atoms with E-state index in [9.17, 15) is 14.4 Å². The van der Waals surface area contributed by atoms with Crippen LogP contribution in [0.25, 0.3) is 0 Å². The van der Waals surface area contributed by atoms with E-state index in [2.05, 4.69) is 10.6 Å². The van der Waals surface area contributed by atoms with Crippen LogP contribution in [0.3, 0.4) is 0 Å². The molecule has 2 rings (SSSR count). The Morgan fingerprint density at radius 2 is 1.73 bits per heavy atom. The summed E-state index contributed by atoms with van der Waals surface area (Å²) in [6.07, 6.45) is 1.54. The molecule has 0 saturated carbocycles. The molecule has 0 aliphatic rings. The van der Waals surface area contributed by atoms with Crippen LogP contribution >= 0.6 is 0 Å². The Morgan fingerprint density at radius 3 is 2.31 bits per heavy atom. The van der Waals surface area contributed by atoms with Crippen LogP contribution in [0.5, 0.6) is 0 Å². The summed E-state index contributed by atoms with van der Waals surface area (Å²) in [5, 5.41) is 5.34. The Balaban J connectivity index is 1.80. The standard InChI is InChI=1S/C19H23N3O4/c1-3-22(4-2)19(25)14-7-9-15(10-8-14)21-17(23)11-12-20-18(24)16-6-5-13-26-16/h5-10,13H,3-4,11-12H2,1-2H3,(H,20,24)(H,21,23). The molecule has 1 aromatic carbocycles. The predicted octanol–water partition coefficient (Wildman–Crippen LogP) is 2.52. The van der Waals surface area contributed by atoms with Gasteiger partial charge in [0.1, 0.15) is 0 Å². The lowest BCUT2D eigenvalue weighted by Gasteiger charge is -2.18. The molecule has 7 nitrogen and oxygen atoms in total. The number of carbonyl (C=O) groups is 3. The zero-order chi connectivity index (χ0) is 18.9. The minimum Gasteiger partial charge on any atom is -0.459 e. The summed E-state index contributed by atoms with van der Waals surface area (Å²) in [7, 11) is 0. The first kappa shape index (κ1) is 19.2. The molecule has 1 heterocycles. The number of carbonyl (C=O) groups excluding carboxylic acids is 3. The summed E-state index contributed by atoms with van der Waals surface area (Å²) in [6.45, 7) is 5.36. The highest BCUT2D eigenvalue weighted by Gasteiger charge is 2.12. The summed E-state index contributed by atoms with van der Waals surface area (Å²) in [6, 6.07) is 9.93. The molecule has 0 fully saturated rings. The molecule has 2 N–H and O–H groups in total. The van der Waals surface area contributed by atoms with E-state index < -0.39 is 0 Å². The van der Waals surface area contributed by atoms with E-state index in [4.69, 9.17) is 4.42 Å². The van der Waals surface area contributed by atoms with E-state index in [1.807, 2.05) is 13.8 Å². The molecule has 26 heavy (non-hydrogen) atoms. The summed E-state index contributed by atoms with van der Waals surface area (Å²) in [4.78, 5) is 37.6. The van der Waals surface area contributed by atoms with Crippen molar-refractivity contribution in [1.82, 2.24) is 10.2 Å². The average Bonchev–Trinajstić information content (AvgIpc) is 3.18. The zero-order valence-electron chi connectivity index (χ0n) is 15.0. The molecule has 3 amide bonds. The van der Waals surface area contributed by atoms with Crippen LogP contribution in [0.15, 0.2) is 47.1 Å². The molecule has 138 valence electrons. The Labute approximate surface area is 152 Å². The highest BCUT2D eigenvalue weighted by Crippen LogP contribution is 2.12. The predicted molar refractivity (Wildman–Crippen MR) is 98.0 cm³/mol. The topological polar surface area (TPSA) is 91.7 Å². The van der Waals surface area contributed by atoms with Gasteiger partial charge in [-0.15, -0.1) is 0 Å². The van der Waals surface area contributed by atoms with Crippen molar-refractivity contribution in [3.63, 3.8) is 0 Å². The molecule has 0 aliphatic heterocycles. The number of furan rings is 1. The van der Waals surface area contributed by atoms with Crippen LogP contribution in [0.2, 0.25) is 0 Å². The van der Waals surface area contributed by atoms with E-state index in [0.717, 1.165) is 0 Å². The van der Waals surface area contributed by atoms with Gasteiger partial charge in [-0.2, -0.15) is 0 Å². The summed E-state index contributed by atoms with van der Waals surface area (Å²) >= 11 is 0. The van der Waals surface area contributed by atoms with Crippen LogP contribution in [0, 0.1) is 0 Å². The first-order valence-corrected chi connectivity index (χ1v) is 8.56. The lowest BCUT2D eigenvalue weighted by atomic mass is 10.1. The average molecular weight is 357 g/mol. The molecular weight excluding hydrogens is 334 g/mol. The van der Waals surface area contributed by atoms with Crippen LogP contribution in [0.1, 0.15) is 41.2 Å². The molecule has 0 atom stereocenters. The summed E-state index contributed by atoms with van der Waals surface area (Å²) in [5.41, 5.74) is 1.18. The smallest absolute Gasteiger partial charge is 0.286 e. The van der Waals surface area contributed by atoms with Gasteiger partial charge in [-0.3, -0.25) is 14.4 Å². The van der Waals surface area contributed by atoms with Crippen LogP contribution < -0.4 is 10.6 Å². The molecule has 1 aromatic heterocycles. The third-order valence-electron chi connectivity index (χ3n) is 3.85. The Morgan fingerprint density at radius 1 is 1.04 bits per heavy atom. The van der Waals surface area contributed by atoms with Gasteiger partial charge in [0.2, 0.25) is 5.91 Å². The van der Waals surface area contributed by atoms with Gasteiger partial charge in [0.25, 0.3) is 11.8 Å². The van der Waals surface area contributed by atoms with Gasteiger partial charge < -0.3 is 20.0 Å². The van der Waals surface area contributed by atoms with E-state index >= 15 is 0 Å². The van der Waals surface area contributed by atoms with E-state index in [1.54, 1.807) is 41.3 Å². The van der Waals surface area contributed by atoms with E-state index in [0.29, 0.717) is 24.3 Å². The first-order valence-electron chi connectivity index (χ1n) is 8.56. The fraction of sp³-hybridized carbons (Fsp3) is 0.316. The monoisotopic (exact) mass is 357 g/mol. The maximum atomic E-state index is 12.2. The molecular formula is C19H23N3O4. The van der Waals surface area contributed by atoms with E-state index in [1.165, 1.54) is 6.26 Å². The van der Waals surface area contributed by atoms with Crippen molar-refractivity contribution in [3.8, 4) is 0 Å². The molecule has 2 aromatic rings. The number of nitrogens with one attached hydrogen (secondary N) is 2. The maximum absolute atomic E-state index is 12.2. The molecule has 0 radical (unpaired) electrons. The Kier molecular flexibility index (Phi) is 6.96. The van der Waals surface area contributed by atoms with Crippen molar-refractivity contribution < 1.29 is 18.8 Å². The first-order chi connectivity index (χ1) is 12.5. The summed E-state index contributed by atoms with van der Waals surface area (Å²) < 4.78 is 4.97. The van der Waals surface area contributed by atoms with Gasteiger partial charge in [-0.25, -0.2) is 0 Å². The second-order valence-electron chi connectivity index (χ2n) is 5.59. The third kappa shape index (κ3) is 5.20. The molecule has 0 unspecified atom stereocenters. The SMILES string of the molecule is CCN(CC)C(=O)c1ccc(NC(=O)CCNC(=O)c2ccco2)cc1. The number of hydrogen-bond acceptors (Lipinski definition) is 4. The zero-order valence-corrected chi connectivity index (χ0v) is 15.0. The van der Waals surface area contributed by atoms with Crippen LogP contribution in [0.4, 0.5) is 5.69 Å². The molecule has 0 bridgehead atoms. The lowest BCUT2D eigenvalue weighted by molar-refractivity contribution is -0.116. The lowest BCUT2D eigenvalue weighted by Crippen LogP contribution is -2.30. The van der Waals surface area contributed by atoms with Gasteiger partial charge >= 0.3 is 0 Å². The molecule has 7 heteroatoms.